The van der Waals surface area contributed by atoms with Crippen LogP contribution < -0.4 is 10.9 Å². The van der Waals surface area contributed by atoms with Crippen LogP contribution in [0.25, 0.3) is 0 Å². The first kappa shape index (κ1) is 9.96. The molecule has 0 aliphatic carbocycles. The highest BCUT2D eigenvalue weighted by molar-refractivity contribution is 4.64. The molecule has 0 bridgehead atoms. The molecule has 0 aromatic heterocycles. The van der Waals surface area contributed by atoms with Crippen molar-refractivity contribution in [2.24, 2.45) is 5.92 Å². The number of ether oxygens (including phenoxy) is 1. The van der Waals surface area contributed by atoms with E-state index in [1.165, 1.54) is 19.3 Å². The molecule has 1 rings (SSSR count). The van der Waals surface area contributed by atoms with E-state index in [-0.39, 0.29) is 0 Å². The molecule has 1 fully saturated rings. The van der Waals surface area contributed by atoms with Gasteiger partial charge < -0.3 is 4.74 Å². The Balaban J connectivity index is 1.91. The molecular weight excluding hydrogens is 152 g/mol. The fourth-order valence-corrected chi connectivity index (χ4v) is 1.38. The highest BCUT2D eigenvalue weighted by Crippen LogP contribution is 2.12. The first-order valence-electron chi connectivity index (χ1n) is 4.97. The fourth-order valence-electron chi connectivity index (χ4n) is 1.38. The average Bonchev–Trinajstić information content (AvgIpc) is 2.14. The molecule has 0 atom stereocenters. The number of hydrogen-bond acceptors (Lipinski definition) is 3. The van der Waals surface area contributed by atoms with Crippen LogP contribution in [0, 0.1) is 5.92 Å². The molecular formula is C9H20N2O. The van der Waals surface area contributed by atoms with E-state index in [0.29, 0.717) is 0 Å². The highest BCUT2D eigenvalue weighted by Gasteiger charge is 2.12. The fraction of sp³-hybridized carbons (Fsp3) is 1.00. The zero-order valence-electron chi connectivity index (χ0n) is 7.94. The SMILES string of the molecule is CCCNNCC1CCOCC1. The molecule has 0 aromatic rings. The van der Waals surface area contributed by atoms with Crippen LogP contribution in [0.4, 0.5) is 0 Å². The van der Waals surface area contributed by atoms with Gasteiger partial charge in [-0.1, -0.05) is 6.92 Å². The van der Waals surface area contributed by atoms with Crippen LogP contribution >= 0.6 is 0 Å². The minimum Gasteiger partial charge on any atom is -0.381 e. The molecule has 0 amide bonds. The van der Waals surface area contributed by atoms with Crippen molar-refractivity contribution in [2.75, 3.05) is 26.3 Å². The monoisotopic (exact) mass is 172 g/mol. The van der Waals surface area contributed by atoms with Crippen LogP contribution in [0.5, 0.6) is 0 Å². The predicted octanol–water partition coefficient (Wildman–Crippen LogP) is 0.917. The first-order chi connectivity index (χ1) is 5.93. The Bertz CT molecular complexity index is 103. The van der Waals surface area contributed by atoms with Gasteiger partial charge in [0.2, 0.25) is 0 Å². The predicted molar refractivity (Wildman–Crippen MR) is 49.8 cm³/mol. The van der Waals surface area contributed by atoms with Crippen LogP contribution in [0.3, 0.4) is 0 Å². The van der Waals surface area contributed by atoms with Gasteiger partial charge in [0.15, 0.2) is 0 Å². The van der Waals surface area contributed by atoms with E-state index in [9.17, 15) is 0 Å². The molecule has 72 valence electrons. The molecule has 2 N–H and O–H groups in total. The highest BCUT2D eigenvalue weighted by atomic mass is 16.5. The molecule has 0 spiro atoms. The van der Waals surface area contributed by atoms with E-state index in [1.807, 2.05) is 0 Å². The molecule has 12 heavy (non-hydrogen) atoms. The van der Waals surface area contributed by atoms with Gasteiger partial charge in [-0.2, -0.15) is 0 Å². The lowest BCUT2D eigenvalue weighted by Crippen LogP contribution is -2.37. The smallest absolute Gasteiger partial charge is 0.0469 e. The van der Waals surface area contributed by atoms with E-state index in [1.54, 1.807) is 0 Å². The molecule has 1 aliphatic heterocycles. The number of nitrogens with one attached hydrogen (secondary N) is 2. The Morgan fingerprint density at radius 1 is 1.25 bits per heavy atom. The van der Waals surface area contributed by atoms with Crippen molar-refractivity contribution in [1.29, 1.82) is 0 Å². The molecule has 3 nitrogen and oxygen atoms in total. The van der Waals surface area contributed by atoms with Gasteiger partial charge in [-0.25, -0.2) is 0 Å². The van der Waals surface area contributed by atoms with Crippen LogP contribution in [0.2, 0.25) is 0 Å². The molecule has 0 radical (unpaired) electrons. The van der Waals surface area contributed by atoms with Gasteiger partial charge in [0.05, 0.1) is 0 Å². The summed E-state index contributed by atoms with van der Waals surface area (Å²) in [4.78, 5) is 0. The summed E-state index contributed by atoms with van der Waals surface area (Å²) >= 11 is 0. The third-order valence-electron chi connectivity index (χ3n) is 2.23. The van der Waals surface area contributed by atoms with E-state index < -0.39 is 0 Å². The quantitative estimate of drug-likeness (QED) is 0.478. The van der Waals surface area contributed by atoms with Crippen LogP contribution in [-0.4, -0.2) is 26.3 Å². The van der Waals surface area contributed by atoms with Gasteiger partial charge in [0.1, 0.15) is 0 Å². The Morgan fingerprint density at radius 2 is 2.00 bits per heavy atom. The van der Waals surface area contributed by atoms with E-state index in [0.717, 1.165) is 32.2 Å². The number of hydrogen-bond donors (Lipinski definition) is 2. The largest absolute Gasteiger partial charge is 0.381 e. The van der Waals surface area contributed by atoms with E-state index in [2.05, 4.69) is 17.8 Å². The summed E-state index contributed by atoms with van der Waals surface area (Å²) in [6, 6.07) is 0. The maximum Gasteiger partial charge on any atom is 0.0469 e. The lowest BCUT2D eigenvalue weighted by atomic mass is 10.0. The second-order valence-corrected chi connectivity index (χ2v) is 3.36. The van der Waals surface area contributed by atoms with Crippen LogP contribution in [-0.2, 0) is 4.74 Å². The summed E-state index contributed by atoms with van der Waals surface area (Å²) in [5.41, 5.74) is 6.44. The molecule has 0 unspecified atom stereocenters. The topological polar surface area (TPSA) is 33.3 Å². The summed E-state index contributed by atoms with van der Waals surface area (Å²) in [6.45, 7) is 6.20. The molecule has 0 saturated carbocycles. The average molecular weight is 172 g/mol. The summed E-state index contributed by atoms with van der Waals surface area (Å²) in [6.07, 6.45) is 3.60. The second-order valence-electron chi connectivity index (χ2n) is 3.36. The van der Waals surface area contributed by atoms with Crippen molar-refractivity contribution in [2.45, 2.75) is 26.2 Å². The maximum atomic E-state index is 5.28. The third kappa shape index (κ3) is 4.04. The van der Waals surface area contributed by atoms with Gasteiger partial charge in [0, 0.05) is 26.3 Å². The zero-order chi connectivity index (χ0) is 8.65. The van der Waals surface area contributed by atoms with Gasteiger partial charge in [0.25, 0.3) is 0 Å². The zero-order valence-corrected chi connectivity index (χ0v) is 7.94. The normalized spacial score (nSPS) is 19.8. The van der Waals surface area contributed by atoms with Crippen molar-refractivity contribution in [3.05, 3.63) is 0 Å². The molecule has 1 heterocycles. The van der Waals surface area contributed by atoms with E-state index >= 15 is 0 Å². The number of hydrazine groups is 1. The van der Waals surface area contributed by atoms with Crippen molar-refractivity contribution in [3.8, 4) is 0 Å². The summed E-state index contributed by atoms with van der Waals surface area (Å²) in [7, 11) is 0. The molecule has 3 heteroatoms. The van der Waals surface area contributed by atoms with E-state index in [4.69, 9.17) is 4.74 Å². The van der Waals surface area contributed by atoms with Crippen molar-refractivity contribution in [1.82, 2.24) is 10.9 Å². The Labute approximate surface area is 74.8 Å². The summed E-state index contributed by atoms with van der Waals surface area (Å²) in [5, 5.41) is 0. The second kappa shape index (κ2) is 6.40. The minimum absolute atomic E-state index is 0.808. The Hall–Kier alpha value is -0.120. The standard InChI is InChI=1S/C9H20N2O/c1-2-5-10-11-8-9-3-6-12-7-4-9/h9-11H,2-8H2,1H3. The molecule has 1 saturated heterocycles. The van der Waals surface area contributed by atoms with Crippen LogP contribution in [0.15, 0.2) is 0 Å². The first-order valence-corrected chi connectivity index (χ1v) is 4.97. The van der Waals surface area contributed by atoms with Gasteiger partial charge >= 0.3 is 0 Å². The minimum atomic E-state index is 0.808. The Kier molecular flexibility index (Phi) is 5.32. The van der Waals surface area contributed by atoms with Crippen molar-refractivity contribution < 1.29 is 4.74 Å². The van der Waals surface area contributed by atoms with Crippen molar-refractivity contribution >= 4 is 0 Å². The number of rotatable bonds is 5. The lowest BCUT2D eigenvalue weighted by molar-refractivity contribution is 0.0653. The van der Waals surface area contributed by atoms with Gasteiger partial charge in [-0.3, -0.25) is 10.9 Å². The molecule has 1 aliphatic rings. The Morgan fingerprint density at radius 3 is 2.67 bits per heavy atom. The van der Waals surface area contributed by atoms with Gasteiger partial charge in [-0.15, -0.1) is 0 Å². The summed E-state index contributed by atoms with van der Waals surface area (Å²) in [5.74, 6) is 0.808. The summed E-state index contributed by atoms with van der Waals surface area (Å²) < 4.78 is 5.28. The maximum absolute atomic E-state index is 5.28. The van der Waals surface area contributed by atoms with Crippen molar-refractivity contribution in [3.63, 3.8) is 0 Å². The lowest BCUT2D eigenvalue weighted by Gasteiger charge is -2.22. The molecule has 0 aromatic carbocycles. The van der Waals surface area contributed by atoms with Crippen LogP contribution in [0.1, 0.15) is 26.2 Å². The van der Waals surface area contributed by atoms with Gasteiger partial charge in [-0.05, 0) is 25.2 Å². The third-order valence-corrected chi connectivity index (χ3v) is 2.23.